The number of aromatic amines is 1. The van der Waals surface area contributed by atoms with E-state index >= 15 is 0 Å². The molecular weight excluding hydrogens is 210 g/mol. The molecular formula is C9H9N5O2. The van der Waals surface area contributed by atoms with E-state index in [-0.39, 0.29) is 6.10 Å². The fourth-order valence-electron chi connectivity index (χ4n) is 1.55. The summed E-state index contributed by atoms with van der Waals surface area (Å²) in [4.78, 5) is 0. The minimum Gasteiger partial charge on any atom is -0.485 e. The molecule has 3 N–H and O–H groups in total. The first-order valence-corrected chi connectivity index (χ1v) is 4.76. The van der Waals surface area contributed by atoms with Crippen LogP contribution in [0.3, 0.4) is 0 Å². The second-order valence-electron chi connectivity index (χ2n) is 3.36. The standard InChI is InChI=1S/C9H9N5O2/c10-5-2-1-3-6-8(5)16-7(4-15-6)9-11-13-14-12-9/h1-3,7H,4,10H2,(H,11,12,13,14). The van der Waals surface area contributed by atoms with Gasteiger partial charge in [0.15, 0.2) is 17.6 Å². The molecule has 0 spiro atoms. The topological polar surface area (TPSA) is 98.9 Å². The van der Waals surface area contributed by atoms with Crippen molar-refractivity contribution in [2.75, 3.05) is 12.3 Å². The van der Waals surface area contributed by atoms with E-state index in [1.165, 1.54) is 0 Å². The molecule has 0 saturated carbocycles. The van der Waals surface area contributed by atoms with E-state index in [0.717, 1.165) is 0 Å². The largest absolute Gasteiger partial charge is 0.485 e. The third kappa shape index (κ3) is 1.33. The van der Waals surface area contributed by atoms with E-state index in [2.05, 4.69) is 20.6 Å². The molecule has 7 nitrogen and oxygen atoms in total. The van der Waals surface area contributed by atoms with Crippen LogP contribution in [0.5, 0.6) is 11.5 Å². The Morgan fingerprint density at radius 3 is 3.19 bits per heavy atom. The van der Waals surface area contributed by atoms with Gasteiger partial charge in [-0.25, -0.2) is 0 Å². The van der Waals surface area contributed by atoms with Gasteiger partial charge in [0.2, 0.25) is 5.82 Å². The molecule has 0 saturated heterocycles. The summed E-state index contributed by atoms with van der Waals surface area (Å²) in [7, 11) is 0. The number of fused-ring (bicyclic) bond motifs is 1. The number of H-pyrrole nitrogens is 1. The lowest BCUT2D eigenvalue weighted by Gasteiger charge is -2.25. The van der Waals surface area contributed by atoms with Gasteiger partial charge >= 0.3 is 0 Å². The van der Waals surface area contributed by atoms with Crippen molar-refractivity contribution in [2.24, 2.45) is 0 Å². The molecule has 1 aromatic heterocycles. The second-order valence-corrected chi connectivity index (χ2v) is 3.36. The van der Waals surface area contributed by atoms with Gasteiger partial charge in [-0.2, -0.15) is 5.21 Å². The molecule has 2 aromatic rings. The lowest BCUT2D eigenvalue weighted by atomic mass is 10.2. The van der Waals surface area contributed by atoms with Crippen molar-refractivity contribution in [3.05, 3.63) is 24.0 Å². The normalized spacial score (nSPS) is 18.4. The van der Waals surface area contributed by atoms with Crippen LogP contribution in [0.15, 0.2) is 18.2 Å². The van der Waals surface area contributed by atoms with Crippen molar-refractivity contribution < 1.29 is 9.47 Å². The van der Waals surface area contributed by atoms with Crippen LogP contribution >= 0.6 is 0 Å². The number of nitrogens with two attached hydrogens (primary N) is 1. The second kappa shape index (κ2) is 3.37. The van der Waals surface area contributed by atoms with Crippen molar-refractivity contribution in [1.29, 1.82) is 0 Å². The number of hydrogen-bond acceptors (Lipinski definition) is 6. The van der Waals surface area contributed by atoms with Crippen molar-refractivity contribution in [3.63, 3.8) is 0 Å². The highest BCUT2D eigenvalue weighted by Crippen LogP contribution is 2.39. The third-order valence-electron chi connectivity index (χ3n) is 2.31. The Hall–Kier alpha value is -2.31. The SMILES string of the molecule is Nc1cccc2c1OC(c1nn[nH]n1)CO2. The molecule has 7 heteroatoms. The van der Waals surface area contributed by atoms with Crippen LogP contribution in [0.1, 0.15) is 11.9 Å². The van der Waals surface area contributed by atoms with E-state index in [1.54, 1.807) is 12.1 Å². The highest BCUT2D eigenvalue weighted by molar-refractivity contribution is 5.60. The van der Waals surface area contributed by atoms with Gasteiger partial charge in [0.1, 0.15) is 6.61 Å². The number of nitrogen functional groups attached to an aromatic ring is 1. The Balaban J connectivity index is 1.94. The zero-order valence-corrected chi connectivity index (χ0v) is 8.25. The maximum Gasteiger partial charge on any atom is 0.218 e. The first-order valence-electron chi connectivity index (χ1n) is 4.76. The summed E-state index contributed by atoms with van der Waals surface area (Å²) in [6.07, 6.45) is -0.379. The molecule has 1 aliphatic rings. The summed E-state index contributed by atoms with van der Waals surface area (Å²) in [6, 6.07) is 5.37. The van der Waals surface area contributed by atoms with Crippen LogP contribution < -0.4 is 15.2 Å². The minimum absolute atomic E-state index is 0.343. The first-order chi connectivity index (χ1) is 7.84. The zero-order valence-electron chi connectivity index (χ0n) is 8.25. The van der Waals surface area contributed by atoms with E-state index in [4.69, 9.17) is 15.2 Å². The molecule has 1 unspecified atom stereocenters. The zero-order chi connectivity index (χ0) is 11.0. The third-order valence-corrected chi connectivity index (χ3v) is 2.31. The predicted octanol–water partition coefficient (Wildman–Crippen LogP) is 0.294. The number of nitrogens with zero attached hydrogens (tertiary/aromatic N) is 3. The molecule has 0 radical (unpaired) electrons. The lowest BCUT2D eigenvalue weighted by molar-refractivity contribution is 0.0861. The Morgan fingerprint density at radius 1 is 1.44 bits per heavy atom. The van der Waals surface area contributed by atoms with Gasteiger partial charge in [-0.1, -0.05) is 11.3 Å². The minimum atomic E-state index is -0.379. The summed E-state index contributed by atoms with van der Waals surface area (Å²) in [5, 5.41) is 13.5. The molecule has 1 aliphatic heterocycles. The number of benzene rings is 1. The number of para-hydroxylation sites is 1. The number of hydrogen-bond donors (Lipinski definition) is 2. The molecule has 2 heterocycles. The van der Waals surface area contributed by atoms with Gasteiger partial charge in [0, 0.05) is 0 Å². The van der Waals surface area contributed by atoms with Crippen molar-refractivity contribution in [1.82, 2.24) is 20.6 Å². The fourth-order valence-corrected chi connectivity index (χ4v) is 1.55. The lowest BCUT2D eigenvalue weighted by Crippen LogP contribution is -2.23. The quantitative estimate of drug-likeness (QED) is 0.669. The summed E-state index contributed by atoms with van der Waals surface area (Å²) >= 11 is 0. The summed E-state index contributed by atoms with van der Waals surface area (Å²) in [5.41, 5.74) is 6.32. The summed E-state index contributed by atoms with van der Waals surface area (Å²) in [5.74, 6) is 1.62. The molecule has 0 amide bonds. The van der Waals surface area contributed by atoms with Crippen molar-refractivity contribution >= 4 is 5.69 Å². The summed E-state index contributed by atoms with van der Waals surface area (Å²) < 4.78 is 11.2. The first kappa shape index (κ1) is 8.96. The predicted molar refractivity (Wildman–Crippen MR) is 53.9 cm³/mol. The molecule has 0 fully saturated rings. The fraction of sp³-hybridized carbons (Fsp3) is 0.222. The Kier molecular flexibility index (Phi) is 1.89. The number of tetrazole rings is 1. The number of aromatic nitrogens is 4. The van der Waals surface area contributed by atoms with Crippen LogP contribution in [-0.2, 0) is 0 Å². The van der Waals surface area contributed by atoms with Gasteiger partial charge in [0.05, 0.1) is 5.69 Å². The number of ether oxygens (including phenoxy) is 2. The maximum atomic E-state index is 5.79. The molecule has 0 bridgehead atoms. The Morgan fingerprint density at radius 2 is 2.38 bits per heavy atom. The van der Waals surface area contributed by atoms with Crippen LogP contribution in [0.4, 0.5) is 5.69 Å². The highest BCUT2D eigenvalue weighted by atomic mass is 16.6. The van der Waals surface area contributed by atoms with Gasteiger partial charge in [-0.3, -0.25) is 0 Å². The van der Waals surface area contributed by atoms with Crippen LogP contribution in [0.25, 0.3) is 0 Å². The molecule has 1 aromatic carbocycles. The smallest absolute Gasteiger partial charge is 0.218 e. The number of rotatable bonds is 1. The molecule has 3 rings (SSSR count). The molecule has 0 aliphatic carbocycles. The van der Waals surface area contributed by atoms with E-state index in [9.17, 15) is 0 Å². The molecule has 82 valence electrons. The Bertz CT molecular complexity index is 499. The van der Waals surface area contributed by atoms with E-state index in [1.807, 2.05) is 6.07 Å². The monoisotopic (exact) mass is 219 g/mol. The summed E-state index contributed by atoms with van der Waals surface area (Å²) in [6.45, 7) is 0.343. The average molecular weight is 219 g/mol. The van der Waals surface area contributed by atoms with Crippen molar-refractivity contribution in [3.8, 4) is 11.5 Å². The van der Waals surface area contributed by atoms with Crippen LogP contribution in [0.2, 0.25) is 0 Å². The Labute approximate surface area is 90.6 Å². The van der Waals surface area contributed by atoms with Gasteiger partial charge < -0.3 is 15.2 Å². The van der Waals surface area contributed by atoms with Gasteiger partial charge in [-0.15, -0.1) is 10.2 Å². The molecule has 1 atom stereocenters. The number of anilines is 1. The van der Waals surface area contributed by atoms with Gasteiger partial charge in [0.25, 0.3) is 0 Å². The van der Waals surface area contributed by atoms with Gasteiger partial charge in [-0.05, 0) is 12.1 Å². The van der Waals surface area contributed by atoms with Crippen LogP contribution in [0, 0.1) is 0 Å². The van der Waals surface area contributed by atoms with E-state index < -0.39 is 0 Å². The van der Waals surface area contributed by atoms with E-state index in [0.29, 0.717) is 29.6 Å². The maximum absolute atomic E-state index is 5.79. The number of nitrogens with one attached hydrogen (secondary N) is 1. The average Bonchev–Trinajstić information content (AvgIpc) is 2.83. The highest BCUT2D eigenvalue weighted by Gasteiger charge is 2.27. The van der Waals surface area contributed by atoms with Crippen molar-refractivity contribution in [2.45, 2.75) is 6.10 Å². The molecule has 16 heavy (non-hydrogen) atoms. The van der Waals surface area contributed by atoms with Crippen LogP contribution in [-0.4, -0.2) is 27.2 Å².